The molecule has 8 heteroatoms. The van der Waals surface area contributed by atoms with E-state index < -0.39 is 0 Å². The number of pyridine rings is 1. The van der Waals surface area contributed by atoms with E-state index in [1.807, 2.05) is 22.7 Å². The summed E-state index contributed by atoms with van der Waals surface area (Å²) in [6.45, 7) is 5.73. The SMILES string of the molecule is COc1ccn2c(-c3cncc(N[C@H]4CN[C@H](COC(C)C)C4)n3)cnc2c1. The van der Waals surface area contributed by atoms with E-state index in [2.05, 4.69) is 34.4 Å². The van der Waals surface area contributed by atoms with Crippen molar-refractivity contribution in [3.05, 3.63) is 36.9 Å². The number of hydrogen-bond acceptors (Lipinski definition) is 7. The second kappa shape index (κ2) is 8.12. The maximum atomic E-state index is 5.71. The summed E-state index contributed by atoms with van der Waals surface area (Å²) in [5, 5.41) is 6.98. The first kappa shape index (κ1) is 18.6. The number of imidazole rings is 1. The summed E-state index contributed by atoms with van der Waals surface area (Å²) in [5.74, 6) is 1.54. The van der Waals surface area contributed by atoms with Crippen LogP contribution >= 0.6 is 0 Å². The Labute approximate surface area is 164 Å². The number of anilines is 1. The normalized spacial score (nSPS) is 19.4. The standard InChI is InChI=1S/C20H26N6O2/c1-13(2)28-12-15-6-14(8-22-15)24-19-11-21-9-17(25-19)18-10-23-20-7-16(27-3)4-5-26(18)20/h4-5,7,9-11,13-15,22H,6,8,12H2,1-3H3,(H,24,25)/t14-,15+/m1/s1. The highest BCUT2D eigenvalue weighted by atomic mass is 16.5. The zero-order valence-electron chi connectivity index (χ0n) is 16.4. The molecule has 0 saturated carbocycles. The summed E-state index contributed by atoms with van der Waals surface area (Å²) in [7, 11) is 1.65. The molecule has 0 amide bonds. The van der Waals surface area contributed by atoms with E-state index in [1.165, 1.54) is 0 Å². The van der Waals surface area contributed by atoms with Gasteiger partial charge in [0.2, 0.25) is 0 Å². The van der Waals surface area contributed by atoms with E-state index in [0.29, 0.717) is 12.1 Å². The third kappa shape index (κ3) is 4.07. The van der Waals surface area contributed by atoms with Crippen molar-refractivity contribution in [2.45, 2.75) is 38.5 Å². The average molecular weight is 382 g/mol. The van der Waals surface area contributed by atoms with Crippen LogP contribution in [-0.4, -0.2) is 57.8 Å². The predicted molar refractivity (Wildman–Crippen MR) is 108 cm³/mol. The molecule has 8 nitrogen and oxygen atoms in total. The number of ether oxygens (including phenoxy) is 2. The first-order valence-electron chi connectivity index (χ1n) is 9.57. The molecule has 1 aliphatic rings. The van der Waals surface area contributed by atoms with Crippen LogP contribution < -0.4 is 15.4 Å². The number of methoxy groups -OCH3 is 1. The summed E-state index contributed by atoms with van der Waals surface area (Å²) in [6.07, 6.45) is 8.49. The van der Waals surface area contributed by atoms with Gasteiger partial charge in [-0.15, -0.1) is 0 Å². The van der Waals surface area contributed by atoms with Gasteiger partial charge in [-0.05, 0) is 26.3 Å². The number of hydrogen-bond donors (Lipinski definition) is 2. The summed E-state index contributed by atoms with van der Waals surface area (Å²) in [4.78, 5) is 13.6. The Balaban J connectivity index is 1.47. The molecule has 0 spiro atoms. The minimum atomic E-state index is 0.252. The molecule has 28 heavy (non-hydrogen) atoms. The van der Waals surface area contributed by atoms with Gasteiger partial charge in [-0.25, -0.2) is 9.97 Å². The van der Waals surface area contributed by atoms with Crippen LogP contribution in [0.2, 0.25) is 0 Å². The maximum absolute atomic E-state index is 5.71. The molecule has 1 fully saturated rings. The number of aromatic nitrogens is 4. The topological polar surface area (TPSA) is 85.6 Å². The van der Waals surface area contributed by atoms with Crippen LogP contribution in [0.25, 0.3) is 17.0 Å². The van der Waals surface area contributed by atoms with Gasteiger partial charge in [-0.2, -0.15) is 0 Å². The monoisotopic (exact) mass is 382 g/mol. The van der Waals surface area contributed by atoms with E-state index in [-0.39, 0.29) is 6.10 Å². The number of fused-ring (bicyclic) bond motifs is 1. The van der Waals surface area contributed by atoms with Gasteiger partial charge in [-0.3, -0.25) is 9.38 Å². The second-order valence-electron chi connectivity index (χ2n) is 7.29. The van der Waals surface area contributed by atoms with Gasteiger partial charge in [0, 0.05) is 30.9 Å². The van der Waals surface area contributed by atoms with E-state index in [4.69, 9.17) is 14.5 Å². The summed E-state index contributed by atoms with van der Waals surface area (Å²) in [6, 6.07) is 4.46. The zero-order chi connectivity index (χ0) is 19.5. The van der Waals surface area contributed by atoms with Crippen molar-refractivity contribution in [2.24, 2.45) is 0 Å². The molecule has 1 aliphatic heterocycles. The number of rotatable bonds is 7. The molecule has 0 radical (unpaired) electrons. The van der Waals surface area contributed by atoms with Gasteiger partial charge < -0.3 is 20.1 Å². The molecule has 3 aromatic heterocycles. The van der Waals surface area contributed by atoms with Crippen LogP contribution in [-0.2, 0) is 4.74 Å². The molecule has 148 valence electrons. The Hall–Kier alpha value is -2.71. The molecular formula is C20H26N6O2. The Morgan fingerprint density at radius 3 is 3.04 bits per heavy atom. The molecule has 2 atom stereocenters. The number of nitrogens with zero attached hydrogens (tertiary/aromatic N) is 4. The van der Waals surface area contributed by atoms with E-state index >= 15 is 0 Å². The highest BCUT2D eigenvalue weighted by Gasteiger charge is 2.24. The molecule has 4 rings (SSSR count). The lowest BCUT2D eigenvalue weighted by atomic mass is 10.2. The third-order valence-electron chi connectivity index (χ3n) is 4.82. The predicted octanol–water partition coefficient (Wildman–Crippen LogP) is 2.37. The van der Waals surface area contributed by atoms with Crippen LogP contribution in [0.4, 0.5) is 5.82 Å². The Bertz CT molecular complexity index is 941. The summed E-state index contributed by atoms with van der Waals surface area (Å²) >= 11 is 0. The minimum Gasteiger partial charge on any atom is -0.497 e. The highest BCUT2D eigenvalue weighted by Crippen LogP contribution is 2.23. The fraction of sp³-hybridized carbons (Fsp3) is 0.450. The molecule has 3 aromatic rings. The Morgan fingerprint density at radius 2 is 2.21 bits per heavy atom. The quantitative estimate of drug-likeness (QED) is 0.649. The lowest BCUT2D eigenvalue weighted by Gasteiger charge is -2.14. The van der Waals surface area contributed by atoms with E-state index in [0.717, 1.165) is 48.2 Å². The van der Waals surface area contributed by atoms with Crippen molar-refractivity contribution in [2.75, 3.05) is 25.6 Å². The Morgan fingerprint density at radius 1 is 1.32 bits per heavy atom. The zero-order valence-corrected chi connectivity index (χ0v) is 16.4. The van der Waals surface area contributed by atoms with Crippen LogP contribution in [0.5, 0.6) is 5.75 Å². The van der Waals surface area contributed by atoms with Crippen molar-refractivity contribution in [1.29, 1.82) is 0 Å². The summed E-state index contributed by atoms with van der Waals surface area (Å²) < 4.78 is 13.0. The molecule has 0 unspecified atom stereocenters. The van der Waals surface area contributed by atoms with Crippen molar-refractivity contribution >= 4 is 11.5 Å². The van der Waals surface area contributed by atoms with Crippen molar-refractivity contribution in [3.63, 3.8) is 0 Å². The van der Waals surface area contributed by atoms with Crippen LogP contribution in [0.15, 0.2) is 36.9 Å². The smallest absolute Gasteiger partial charge is 0.145 e. The van der Waals surface area contributed by atoms with Gasteiger partial charge in [0.05, 0.1) is 44.1 Å². The fourth-order valence-corrected chi connectivity index (χ4v) is 3.41. The highest BCUT2D eigenvalue weighted by molar-refractivity contribution is 5.61. The van der Waals surface area contributed by atoms with Crippen LogP contribution in [0.1, 0.15) is 20.3 Å². The van der Waals surface area contributed by atoms with Crippen molar-refractivity contribution in [3.8, 4) is 17.1 Å². The second-order valence-corrected chi connectivity index (χ2v) is 7.29. The van der Waals surface area contributed by atoms with Gasteiger partial charge in [0.1, 0.15) is 22.9 Å². The van der Waals surface area contributed by atoms with Gasteiger partial charge >= 0.3 is 0 Å². The van der Waals surface area contributed by atoms with Crippen LogP contribution in [0, 0.1) is 0 Å². The lowest BCUT2D eigenvalue weighted by Crippen LogP contribution is -2.28. The average Bonchev–Trinajstić information content (AvgIpc) is 3.32. The first-order valence-corrected chi connectivity index (χ1v) is 9.57. The third-order valence-corrected chi connectivity index (χ3v) is 4.82. The van der Waals surface area contributed by atoms with Gasteiger partial charge in [-0.1, -0.05) is 0 Å². The molecule has 0 aromatic carbocycles. The molecule has 1 saturated heterocycles. The molecule has 4 heterocycles. The molecule has 0 aliphatic carbocycles. The van der Waals surface area contributed by atoms with Crippen LogP contribution in [0.3, 0.4) is 0 Å². The maximum Gasteiger partial charge on any atom is 0.145 e. The van der Waals surface area contributed by atoms with Crippen molar-refractivity contribution in [1.82, 2.24) is 24.7 Å². The molecule has 2 N–H and O–H groups in total. The van der Waals surface area contributed by atoms with E-state index in [1.54, 1.807) is 25.7 Å². The largest absolute Gasteiger partial charge is 0.497 e. The molecule has 0 bridgehead atoms. The first-order chi connectivity index (χ1) is 13.6. The fourth-order valence-electron chi connectivity index (χ4n) is 3.41. The lowest BCUT2D eigenvalue weighted by molar-refractivity contribution is 0.0648. The van der Waals surface area contributed by atoms with Gasteiger partial charge in [0.25, 0.3) is 0 Å². The number of nitrogens with one attached hydrogen (secondary N) is 2. The molecular weight excluding hydrogens is 356 g/mol. The van der Waals surface area contributed by atoms with Gasteiger partial charge in [0.15, 0.2) is 0 Å². The van der Waals surface area contributed by atoms with E-state index in [9.17, 15) is 0 Å². The summed E-state index contributed by atoms with van der Waals surface area (Å²) in [5.41, 5.74) is 2.47. The minimum absolute atomic E-state index is 0.252. The van der Waals surface area contributed by atoms with Crippen molar-refractivity contribution < 1.29 is 9.47 Å². The Kier molecular flexibility index (Phi) is 5.40.